The topological polar surface area (TPSA) is 46.5 Å². The molecule has 4 heteroatoms. The smallest absolute Gasteiger partial charge is 0.312 e. The number of halogens is 1. The molecule has 0 aliphatic heterocycles. The summed E-state index contributed by atoms with van der Waals surface area (Å²) in [5.41, 5.74) is -1.89. The number of hydrogen-bond acceptors (Lipinski definition) is 3. The highest BCUT2D eigenvalue weighted by Crippen LogP contribution is 2.42. The van der Waals surface area contributed by atoms with Crippen LogP contribution in [0.1, 0.15) is 19.3 Å². The van der Waals surface area contributed by atoms with E-state index in [9.17, 15) is 14.3 Å². The van der Waals surface area contributed by atoms with Crippen LogP contribution in [0, 0.1) is 5.92 Å². The predicted molar refractivity (Wildman–Crippen MR) is 49.4 cm³/mol. The Morgan fingerprint density at radius 2 is 2.43 bits per heavy atom. The first-order chi connectivity index (χ1) is 6.56. The standard InChI is InChI=1S/C10H15FO3/c1-3-6-10(11)7(9(13)14-2)4-5-8(10)12/h3,7-8,12H,1,4-6H2,2H3/t7-,8-,10-/m1/s1. The van der Waals surface area contributed by atoms with Crippen LogP contribution in [0.4, 0.5) is 4.39 Å². The maximum atomic E-state index is 14.2. The summed E-state index contributed by atoms with van der Waals surface area (Å²) in [4.78, 5) is 11.2. The van der Waals surface area contributed by atoms with Crippen molar-refractivity contribution in [2.24, 2.45) is 5.92 Å². The summed E-state index contributed by atoms with van der Waals surface area (Å²) in [6.07, 6.45) is 0.894. The molecule has 80 valence electrons. The van der Waals surface area contributed by atoms with Crippen LogP contribution in [0.5, 0.6) is 0 Å². The lowest BCUT2D eigenvalue weighted by molar-refractivity contribution is -0.152. The van der Waals surface area contributed by atoms with Gasteiger partial charge in [-0.25, -0.2) is 4.39 Å². The second-order valence-electron chi connectivity index (χ2n) is 3.59. The van der Waals surface area contributed by atoms with Crippen molar-refractivity contribution < 1.29 is 19.0 Å². The second kappa shape index (κ2) is 4.09. The van der Waals surface area contributed by atoms with Crippen molar-refractivity contribution in [1.29, 1.82) is 0 Å². The molecule has 1 rings (SSSR count). The molecular weight excluding hydrogens is 187 g/mol. The van der Waals surface area contributed by atoms with E-state index in [1.807, 2.05) is 0 Å². The van der Waals surface area contributed by atoms with Crippen LogP contribution in [0.3, 0.4) is 0 Å². The van der Waals surface area contributed by atoms with Gasteiger partial charge in [-0.05, 0) is 12.8 Å². The van der Waals surface area contributed by atoms with E-state index in [0.717, 1.165) is 0 Å². The van der Waals surface area contributed by atoms with Crippen LogP contribution in [0.25, 0.3) is 0 Å². The molecule has 0 saturated heterocycles. The molecule has 0 aromatic carbocycles. The fraction of sp³-hybridized carbons (Fsp3) is 0.700. The van der Waals surface area contributed by atoms with Crippen molar-refractivity contribution in [2.45, 2.75) is 31.0 Å². The maximum absolute atomic E-state index is 14.2. The highest BCUT2D eigenvalue weighted by Gasteiger charge is 2.53. The second-order valence-corrected chi connectivity index (χ2v) is 3.59. The number of carbonyl (C=O) groups excluding carboxylic acids is 1. The highest BCUT2D eigenvalue weighted by molar-refractivity contribution is 5.74. The monoisotopic (exact) mass is 202 g/mol. The van der Waals surface area contributed by atoms with E-state index in [1.54, 1.807) is 0 Å². The SMILES string of the molecule is C=CC[C@]1(F)[C@H](O)CC[C@@H]1C(=O)OC. The molecule has 0 radical (unpaired) electrons. The van der Waals surface area contributed by atoms with Crippen molar-refractivity contribution in [3.8, 4) is 0 Å². The number of carbonyl (C=O) groups is 1. The minimum absolute atomic E-state index is 0.0199. The minimum atomic E-state index is -1.89. The van der Waals surface area contributed by atoms with Gasteiger partial charge in [-0.3, -0.25) is 4.79 Å². The van der Waals surface area contributed by atoms with Crippen molar-refractivity contribution >= 4 is 5.97 Å². The summed E-state index contributed by atoms with van der Waals surface area (Å²) in [5, 5.41) is 9.46. The minimum Gasteiger partial charge on any atom is -0.469 e. The average molecular weight is 202 g/mol. The summed E-state index contributed by atoms with van der Waals surface area (Å²) >= 11 is 0. The van der Waals surface area contributed by atoms with Crippen LogP contribution in [0.15, 0.2) is 12.7 Å². The fourth-order valence-corrected chi connectivity index (χ4v) is 1.99. The number of aliphatic hydroxyl groups excluding tert-OH is 1. The Morgan fingerprint density at radius 1 is 1.79 bits per heavy atom. The molecule has 0 spiro atoms. The number of allylic oxidation sites excluding steroid dienone is 1. The summed E-state index contributed by atoms with van der Waals surface area (Å²) in [5.74, 6) is -1.45. The zero-order valence-corrected chi connectivity index (χ0v) is 8.20. The summed E-state index contributed by atoms with van der Waals surface area (Å²) in [6.45, 7) is 3.42. The fourth-order valence-electron chi connectivity index (χ4n) is 1.99. The Balaban J connectivity index is 2.85. The number of hydrogen-bond donors (Lipinski definition) is 1. The number of rotatable bonds is 3. The first-order valence-electron chi connectivity index (χ1n) is 4.62. The third-order valence-electron chi connectivity index (χ3n) is 2.80. The molecule has 14 heavy (non-hydrogen) atoms. The van der Waals surface area contributed by atoms with Gasteiger partial charge in [-0.1, -0.05) is 6.08 Å². The molecule has 1 fully saturated rings. The van der Waals surface area contributed by atoms with Gasteiger partial charge in [0.1, 0.15) is 0 Å². The molecule has 1 saturated carbocycles. The molecule has 3 atom stereocenters. The van der Waals surface area contributed by atoms with E-state index in [1.165, 1.54) is 13.2 Å². The molecule has 1 N–H and O–H groups in total. The largest absolute Gasteiger partial charge is 0.469 e. The number of aliphatic hydroxyl groups is 1. The lowest BCUT2D eigenvalue weighted by atomic mass is 9.88. The van der Waals surface area contributed by atoms with Gasteiger partial charge in [-0.15, -0.1) is 6.58 Å². The Bertz CT molecular complexity index is 242. The van der Waals surface area contributed by atoms with Crippen molar-refractivity contribution in [1.82, 2.24) is 0 Å². The summed E-state index contributed by atoms with van der Waals surface area (Å²) in [6, 6.07) is 0. The van der Waals surface area contributed by atoms with E-state index in [-0.39, 0.29) is 6.42 Å². The summed E-state index contributed by atoms with van der Waals surface area (Å²) in [7, 11) is 1.22. The third kappa shape index (κ3) is 1.66. The van der Waals surface area contributed by atoms with Gasteiger partial charge in [0.15, 0.2) is 5.67 Å². The highest BCUT2D eigenvalue weighted by atomic mass is 19.1. The van der Waals surface area contributed by atoms with Crippen molar-refractivity contribution in [2.75, 3.05) is 7.11 Å². The average Bonchev–Trinajstić information content (AvgIpc) is 2.43. The van der Waals surface area contributed by atoms with Gasteiger partial charge in [0, 0.05) is 6.42 Å². The number of alkyl halides is 1. The number of esters is 1. The van der Waals surface area contributed by atoms with Crippen molar-refractivity contribution in [3.63, 3.8) is 0 Å². The van der Waals surface area contributed by atoms with Gasteiger partial charge in [-0.2, -0.15) is 0 Å². The van der Waals surface area contributed by atoms with E-state index in [4.69, 9.17) is 0 Å². The lowest BCUT2D eigenvalue weighted by Gasteiger charge is -2.27. The van der Waals surface area contributed by atoms with Crippen molar-refractivity contribution in [3.05, 3.63) is 12.7 Å². The first-order valence-corrected chi connectivity index (χ1v) is 4.62. The molecule has 0 bridgehead atoms. The molecule has 1 aliphatic carbocycles. The van der Waals surface area contributed by atoms with E-state index >= 15 is 0 Å². The number of ether oxygens (including phenoxy) is 1. The first kappa shape index (κ1) is 11.2. The molecule has 0 aromatic heterocycles. The molecule has 0 heterocycles. The maximum Gasteiger partial charge on any atom is 0.312 e. The quantitative estimate of drug-likeness (QED) is 0.552. The molecular formula is C10H15FO3. The Hall–Kier alpha value is -0.900. The Kier molecular flexibility index (Phi) is 3.26. The zero-order chi connectivity index (χ0) is 10.8. The van der Waals surface area contributed by atoms with Crippen LogP contribution in [-0.2, 0) is 9.53 Å². The zero-order valence-electron chi connectivity index (χ0n) is 8.20. The summed E-state index contributed by atoms with van der Waals surface area (Å²) < 4.78 is 18.7. The van der Waals surface area contributed by atoms with Gasteiger partial charge in [0.25, 0.3) is 0 Å². The lowest BCUT2D eigenvalue weighted by Crippen LogP contribution is -2.41. The Morgan fingerprint density at radius 3 is 2.93 bits per heavy atom. The van der Waals surface area contributed by atoms with Gasteiger partial charge in [0.05, 0.1) is 19.1 Å². The predicted octanol–water partition coefficient (Wildman–Crippen LogP) is 1.21. The van der Waals surface area contributed by atoms with Crippen LogP contribution >= 0.6 is 0 Å². The van der Waals surface area contributed by atoms with Crippen LogP contribution in [-0.4, -0.2) is 30.0 Å². The van der Waals surface area contributed by atoms with Crippen LogP contribution < -0.4 is 0 Å². The third-order valence-corrected chi connectivity index (χ3v) is 2.80. The molecule has 0 unspecified atom stereocenters. The van der Waals surface area contributed by atoms with E-state index in [0.29, 0.717) is 12.8 Å². The van der Waals surface area contributed by atoms with Gasteiger partial charge in [0.2, 0.25) is 0 Å². The van der Waals surface area contributed by atoms with Crippen LogP contribution in [0.2, 0.25) is 0 Å². The van der Waals surface area contributed by atoms with E-state index < -0.39 is 23.7 Å². The normalized spacial score (nSPS) is 36.8. The Labute approximate surface area is 82.6 Å². The molecule has 3 nitrogen and oxygen atoms in total. The van der Waals surface area contributed by atoms with Gasteiger partial charge < -0.3 is 9.84 Å². The molecule has 0 amide bonds. The van der Waals surface area contributed by atoms with Gasteiger partial charge >= 0.3 is 5.97 Å². The van der Waals surface area contributed by atoms with E-state index in [2.05, 4.69) is 11.3 Å². The molecule has 0 aromatic rings. The number of methoxy groups -OCH3 is 1. The molecule has 1 aliphatic rings.